The molecule has 0 bridgehead atoms. The molecule has 26 heavy (non-hydrogen) atoms. The van der Waals surface area contributed by atoms with Gasteiger partial charge in [-0.1, -0.05) is 87.2 Å². The van der Waals surface area contributed by atoms with Crippen LogP contribution in [0, 0.1) is 0 Å². The number of fused-ring (bicyclic) bond motifs is 1. The molecule has 2 heterocycles. The predicted octanol–water partition coefficient (Wildman–Crippen LogP) is 4.18. The molecule has 1 atom stereocenters. The van der Waals surface area contributed by atoms with Gasteiger partial charge in [0.25, 0.3) is 0 Å². The highest BCUT2D eigenvalue weighted by atomic mass is 16.3. The SMILES string of the molecule is CCCCCCCCCCN1c2nccc[n+]2CC1(O)c1ccccc1. The van der Waals surface area contributed by atoms with Crippen molar-refractivity contribution in [1.82, 2.24) is 4.98 Å². The van der Waals surface area contributed by atoms with E-state index < -0.39 is 5.72 Å². The predicted molar refractivity (Wildman–Crippen MR) is 105 cm³/mol. The summed E-state index contributed by atoms with van der Waals surface area (Å²) in [5.74, 6) is 0.863. The summed E-state index contributed by atoms with van der Waals surface area (Å²) in [5, 5.41) is 11.5. The van der Waals surface area contributed by atoms with E-state index in [4.69, 9.17) is 0 Å². The topological polar surface area (TPSA) is 40.2 Å². The number of nitrogens with zero attached hydrogens (tertiary/aromatic N) is 3. The third-order valence-electron chi connectivity index (χ3n) is 5.35. The third-order valence-corrected chi connectivity index (χ3v) is 5.35. The first-order valence-corrected chi connectivity index (χ1v) is 10.2. The van der Waals surface area contributed by atoms with Crippen molar-refractivity contribution in [2.45, 2.75) is 70.6 Å². The van der Waals surface area contributed by atoms with Gasteiger partial charge in [-0.15, -0.1) is 0 Å². The molecule has 4 nitrogen and oxygen atoms in total. The van der Waals surface area contributed by atoms with Crippen LogP contribution in [-0.4, -0.2) is 16.6 Å². The Hall–Kier alpha value is -1.94. The van der Waals surface area contributed by atoms with Crippen molar-refractivity contribution in [3.8, 4) is 0 Å². The van der Waals surface area contributed by atoms with Gasteiger partial charge in [0.1, 0.15) is 12.7 Å². The highest BCUT2D eigenvalue weighted by Gasteiger charge is 2.50. The quantitative estimate of drug-likeness (QED) is 0.514. The van der Waals surface area contributed by atoms with Gasteiger partial charge >= 0.3 is 5.95 Å². The van der Waals surface area contributed by atoms with E-state index in [0.29, 0.717) is 6.54 Å². The molecule has 0 aliphatic carbocycles. The Labute approximate surface area is 157 Å². The molecule has 0 amide bonds. The van der Waals surface area contributed by atoms with E-state index in [9.17, 15) is 5.11 Å². The van der Waals surface area contributed by atoms with Crippen LogP contribution in [0.25, 0.3) is 0 Å². The maximum absolute atomic E-state index is 11.5. The van der Waals surface area contributed by atoms with E-state index in [1.54, 1.807) is 0 Å². The van der Waals surface area contributed by atoms with Gasteiger partial charge in [0.2, 0.25) is 5.72 Å². The van der Waals surface area contributed by atoms with Crippen LogP contribution < -0.4 is 9.47 Å². The van der Waals surface area contributed by atoms with Crippen molar-refractivity contribution >= 4 is 5.95 Å². The maximum Gasteiger partial charge on any atom is 0.396 e. The molecule has 0 saturated carbocycles. The van der Waals surface area contributed by atoms with Crippen LogP contribution >= 0.6 is 0 Å². The van der Waals surface area contributed by atoms with Crippen molar-refractivity contribution < 1.29 is 9.67 Å². The summed E-state index contributed by atoms with van der Waals surface area (Å²) in [7, 11) is 0. The first-order valence-electron chi connectivity index (χ1n) is 10.2. The summed E-state index contributed by atoms with van der Waals surface area (Å²) in [6.45, 7) is 3.61. The van der Waals surface area contributed by atoms with E-state index in [0.717, 1.165) is 24.5 Å². The van der Waals surface area contributed by atoms with Gasteiger partial charge in [-0.3, -0.25) is 0 Å². The Bertz CT molecular complexity index is 676. The first-order chi connectivity index (χ1) is 12.8. The van der Waals surface area contributed by atoms with Crippen molar-refractivity contribution in [2.24, 2.45) is 0 Å². The van der Waals surface area contributed by atoms with Crippen LogP contribution in [0.3, 0.4) is 0 Å². The largest absolute Gasteiger partial charge is 0.396 e. The Kier molecular flexibility index (Phi) is 6.62. The van der Waals surface area contributed by atoms with Crippen LogP contribution in [0.2, 0.25) is 0 Å². The second-order valence-electron chi connectivity index (χ2n) is 7.36. The number of aliphatic hydroxyl groups is 1. The second kappa shape index (κ2) is 9.13. The Morgan fingerprint density at radius 3 is 2.42 bits per heavy atom. The summed E-state index contributed by atoms with van der Waals surface area (Å²) in [6, 6.07) is 11.9. The number of hydrogen-bond donors (Lipinski definition) is 1. The van der Waals surface area contributed by atoms with E-state index in [-0.39, 0.29) is 0 Å². The lowest BCUT2D eigenvalue weighted by molar-refractivity contribution is -0.685. The van der Waals surface area contributed by atoms with Gasteiger partial charge in [-0.05, 0) is 6.42 Å². The number of unbranched alkanes of at least 4 members (excludes halogenated alkanes) is 7. The van der Waals surface area contributed by atoms with E-state index in [1.807, 2.05) is 48.8 Å². The average Bonchev–Trinajstić information content (AvgIpc) is 2.97. The molecule has 0 radical (unpaired) electrons. The van der Waals surface area contributed by atoms with Crippen molar-refractivity contribution in [1.29, 1.82) is 0 Å². The van der Waals surface area contributed by atoms with Gasteiger partial charge in [0, 0.05) is 11.6 Å². The fourth-order valence-electron chi connectivity index (χ4n) is 3.87. The lowest BCUT2D eigenvalue weighted by Crippen LogP contribution is -2.46. The Morgan fingerprint density at radius 1 is 1.00 bits per heavy atom. The number of anilines is 1. The van der Waals surface area contributed by atoms with Crippen molar-refractivity contribution in [2.75, 3.05) is 11.4 Å². The molecular weight excluding hydrogens is 322 g/mol. The molecule has 1 aromatic heterocycles. The monoisotopic (exact) mass is 354 g/mol. The highest BCUT2D eigenvalue weighted by Crippen LogP contribution is 2.33. The minimum atomic E-state index is -1.01. The van der Waals surface area contributed by atoms with E-state index >= 15 is 0 Å². The zero-order chi connectivity index (χ0) is 18.2. The molecule has 1 aliphatic heterocycles. The van der Waals surface area contributed by atoms with Gasteiger partial charge in [-0.25, -0.2) is 9.47 Å². The van der Waals surface area contributed by atoms with Crippen LogP contribution in [0.5, 0.6) is 0 Å². The minimum absolute atomic E-state index is 0.525. The number of benzene rings is 1. The van der Waals surface area contributed by atoms with Crippen LogP contribution in [0.15, 0.2) is 48.8 Å². The van der Waals surface area contributed by atoms with Crippen molar-refractivity contribution in [3.63, 3.8) is 0 Å². The lowest BCUT2D eigenvalue weighted by atomic mass is 10.0. The normalized spacial score (nSPS) is 18.9. The standard InChI is InChI=1S/C22H32N3O/c1-2-3-4-5-6-7-8-12-18-25-21-23-16-13-17-24(21)19-22(25,26)20-14-10-9-11-15-20/h9-11,13-17,26H,2-8,12,18-19H2,1H3/q+1. The molecule has 3 rings (SSSR count). The molecule has 0 saturated heterocycles. The smallest absolute Gasteiger partial charge is 0.353 e. The molecule has 1 N–H and O–H groups in total. The maximum atomic E-state index is 11.5. The van der Waals surface area contributed by atoms with Gasteiger partial charge in [0.15, 0.2) is 0 Å². The molecule has 1 aliphatic rings. The molecule has 0 fully saturated rings. The van der Waals surface area contributed by atoms with E-state index in [2.05, 4.69) is 21.4 Å². The minimum Gasteiger partial charge on any atom is -0.353 e. The molecular formula is C22H32N3O+. The summed E-state index contributed by atoms with van der Waals surface area (Å²) >= 11 is 0. The molecule has 140 valence electrons. The van der Waals surface area contributed by atoms with Crippen LogP contribution in [-0.2, 0) is 12.3 Å². The lowest BCUT2D eigenvalue weighted by Gasteiger charge is -2.28. The van der Waals surface area contributed by atoms with Crippen LogP contribution in [0.1, 0.15) is 63.9 Å². The fraction of sp³-hybridized carbons (Fsp3) is 0.545. The molecule has 1 unspecified atom stereocenters. The zero-order valence-electron chi connectivity index (χ0n) is 16.0. The average molecular weight is 355 g/mol. The van der Waals surface area contributed by atoms with Gasteiger partial charge in [-0.2, -0.15) is 0 Å². The Morgan fingerprint density at radius 2 is 1.69 bits per heavy atom. The molecule has 1 aromatic carbocycles. The summed E-state index contributed by atoms with van der Waals surface area (Å²) in [4.78, 5) is 6.62. The van der Waals surface area contributed by atoms with E-state index in [1.165, 1.54) is 44.9 Å². The van der Waals surface area contributed by atoms with Crippen molar-refractivity contribution in [3.05, 3.63) is 54.4 Å². The fourth-order valence-corrected chi connectivity index (χ4v) is 3.87. The summed E-state index contributed by atoms with van der Waals surface area (Å²) in [5.41, 5.74) is -0.0749. The first kappa shape index (κ1) is 18.8. The zero-order valence-corrected chi connectivity index (χ0v) is 16.0. The number of aromatic nitrogens is 2. The van der Waals surface area contributed by atoms with Crippen LogP contribution in [0.4, 0.5) is 5.95 Å². The molecule has 4 heteroatoms. The third kappa shape index (κ3) is 4.24. The summed E-state index contributed by atoms with van der Waals surface area (Å²) < 4.78 is 2.05. The Balaban J connectivity index is 1.61. The number of hydrogen-bond acceptors (Lipinski definition) is 3. The number of rotatable bonds is 10. The highest BCUT2D eigenvalue weighted by molar-refractivity contribution is 5.37. The van der Waals surface area contributed by atoms with Gasteiger partial charge < -0.3 is 5.11 Å². The second-order valence-corrected chi connectivity index (χ2v) is 7.36. The van der Waals surface area contributed by atoms with Gasteiger partial charge in [0.05, 0.1) is 12.7 Å². The summed E-state index contributed by atoms with van der Waals surface area (Å²) in [6.07, 6.45) is 14.1. The molecule has 0 spiro atoms. The molecule has 2 aromatic rings.